The quantitative estimate of drug-likeness (QED) is 0.712. The number of hydrogen-bond donors (Lipinski definition) is 3. The fourth-order valence-electron chi connectivity index (χ4n) is 3.07. The van der Waals surface area contributed by atoms with Crippen LogP contribution in [0.1, 0.15) is 22.8 Å². The Balaban J connectivity index is 1.96. The summed E-state index contributed by atoms with van der Waals surface area (Å²) in [5.41, 5.74) is 9.88. The van der Waals surface area contributed by atoms with Crippen LogP contribution in [0.5, 0.6) is 0 Å². The highest BCUT2D eigenvalue weighted by Gasteiger charge is 2.27. The van der Waals surface area contributed by atoms with Crippen LogP contribution in [-0.4, -0.2) is 37.3 Å². The van der Waals surface area contributed by atoms with E-state index in [0.717, 1.165) is 16.8 Å². The second kappa shape index (κ2) is 7.49. The van der Waals surface area contributed by atoms with Crippen LogP contribution in [-0.2, 0) is 0 Å². The number of amides is 1. The van der Waals surface area contributed by atoms with Crippen molar-refractivity contribution in [2.75, 3.05) is 14.1 Å². The average molecular weight is 367 g/mol. The topological polar surface area (TPSA) is 82.8 Å². The lowest BCUT2D eigenvalue weighted by Gasteiger charge is -2.28. The number of hydrogen-bond acceptors (Lipinski definition) is 5. The van der Waals surface area contributed by atoms with Gasteiger partial charge in [0.1, 0.15) is 12.0 Å². The normalized spacial score (nSPS) is 19.3. The number of nitrogens with one attached hydrogen (secondary N) is 2. The monoisotopic (exact) mass is 367 g/mol. The third kappa shape index (κ3) is 3.48. The lowest BCUT2D eigenvalue weighted by molar-refractivity contribution is 0.0959. The summed E-state index contributed by atoms with van der Waals surface area (Å²) in [7, 11) is 3.17. The first-order valence-corrected chi connectivity index (χ1v) is 8.51. The maximum atomic E-state index is 14.4. The number of allylic oxidation sites excluding steroid dienone is 4. The molecule has 6 nitrogen and oxygen atoms in total. The summed E-state index contributed by atoms with van der Waals surface area (Å²) in [4.78, 5) is 17.8. The van der Waals surface area contributed by atoms with Crippen LogP contribution >= 0.6 is 0 Å². The van der Waals surface area contributed by atoms with Crippen molar-refractivity contribution in [2.45, 2.75) is 13.1 Å². The largest absolute Gasteiger partial charge is 0.402 e. The Hall–Kier alpha value is -3.35. The maximum Gasteiger partial charge on any atom is 0.253 e. The molecule has 0 bridgehead atoms. The minimum Gasteiger partial charge on any atom is -0.402 e. The summed E-state index contributed by atoms with van der Waals surface area (Å²) in [6, 6.07) is 4.58. The Morgan fingerprint density at radius 3 is 2.85 bits per heavy atom. The van der Waals surface area contributed by atoms with Crippen molar-refractivity contribution < 1.29 is 9.18 Å². The number of halogens is 1. The Morgan fingerprint density at radius 1 is 1.44 bits per heavy atom. The molecule has 0 saturated heterocycles. The molecule has 0 spiro atoms. The first kappa shape index (κ1) is 18.4. The molecule has 1 amide bonds. The van der Waals surface area contributed by atoms with Crippen LogP contribution in [0.15, 0.2) is 64.6 Å². The molecule has 4 N–H and O–H groups in total. The second-order valence-electron chi connectivity index (χ2n) is 6.25. The van der Waals surface area contributed by atoms with E-state index in [1.165, 1.54) is 19.2 Å². The highest BCUT2D eigenvalue weighted by Crippen LogP contribution is 2.31. The number of nitrogens with two attached hydrogens (primary N) is 1. The molecule has 2 aliphatic rings. The van der Waals surface area contributed by atoms with Crippen molar-refractivity contribution in [1.29, 1.82) is 0 Å². The number of aliphatic imine (C=N–C) groups is 1. The van der Waals surface area contributed by atoms with Gasteiger partial charge in [0.05, 0.1) is 11.3 Å². The fraction of sp³-hybridized carbons (Fsp3) is 0.200. The summed E-state index contributed by atoms with van der Waals surface area (Å²) < 4.78 is 14.4. The fourth-order valence-corrected chi connectivity index (χ4v) is 3.07. The third-order valence-electron chi connectivity index (χ3n) is 4.44. The van der Waals surface area contributed by atoms with Gasteiger partial charge < -0.3 is 21.3 Å². The van der Waals surface area contributed by atoms with E-state index in [4.69, 9.17) is 5.73 Å². The van der Waals surface area contributed by atoms with E-state index in [1.54, 1.807) is 19.3 Å². The molecular weight excluding hydrogens is 345 g/mol. The maximum absolute atomic E-state index is 14.4. The molecule has 0 saturated carbocycles. The van der Waals surface area contributed by atoms with Gasteiger partial charge in [-0.05, 0) is 25.1 Å². The lowest BCUT2D eigenvalue weighted by Crippen LogP contribution is -2.33. The number of benzene rings is 1. The van der Waals surface area contributed by atoms with Gasteiger partial charge in [0.15, 0.2) is 0 Å². The molecule has 7 heteroatoms. The van der Waals surface area contributed by atoms with E-state index in [-0.39, 0.29) is 11.7 Å². The first-order chi connectivity index (χ1) is 13.0. The van der Waals surface area contributed by atoms with Crippen molar-refractivity contribution in [3.05, 3.63) is 76.5 Å². The molecule has 140 valence electrons. The number of nitrogens with zero attached hydrogens (tertiary/aromatic N) is 2. The lowest BCUT2D eigenvalue weighted by atomic mass is 10.0. The zero-order valence-electron chi connectivity index (χ0n) is 15.5. The molecule has 2 aliphatic heterocycles. The van der Waals surface area contributed by atoms with Gasteiger partial charge in [0.2, 0.25) is 0 Å². The standard InChI is InChI=1S/C20H22FN5O/c1-12(22)16(9-23-2)14-5-7-19-25-10-18(26(19)11-14)13-4-6-15(17(21)8-13)20(27)24-3/h4-11,19,25H,22H2,1-3H3,(H,24,27). The van der Waals surface area contributed by atoms with Crippen molar-refractivity contribution in [2.24, 2.45) is 10.7 Å². The molecule has 0 radical (unpaired) electrons. The van der Waals surface area contributed by atoms with E-state index in [9.17, 15) is 9.18 Å². The summed E-state index contributed by atoms with van der Waals surface area (Å²) >= 11 is 0. The minimum absolute atomic E-state index is 0.0160. The van der Waals surface area contributed by atoms with E-state index < -0.39 is 11.7 Å². The predicted molar refractivity (Wildman–Crippen MR) is 105 cm³/mol. The Bertz CT molecular complexity index is 922. The molecule has 3 rings (SSSR count). The number of rotatable bonds is 4. The molecule has 27 heavy (non-hydrogen) atoms. The average Bonchev–Trinajstić information content (AvgIpc) is 3.08. The highest BCUT2D eigenvalue weighted by molar-refractivity contribution is 5.94. The van der Waals surface area contributed by atoms with Gasteiger partial charge in [0.25, 0.3) is 5.91 Å². The first-order valence-electron chi connectivity index (χ1n) is 8.51. The molecule has 1 atom stereocenters. The summed E-state index contributed by atoms with van der Waals surface area (Å²) in [5.74, 6) is -1.02. The molecular formula is C20H22FN5O. The van der Waals surface area contributed by atoms with Crippen LogP contribution in [0.3, 0.4) is 0 Å². The minimum atomic E-state index is -0.565. The van der Waals surface area contributed by atoms with Gasteiger partial charge in [-0.2, -0.15) is 0 Å². The summed E-state index contributed by atoms with van der Waals surface area (Å²) in [5, 5.41) is 5.68. The van der Waals surface area contributed by atoms with Crippen LogP contribution in [0, 0.1) is 5.82 Å². The molecule has 0 aliphatic carbocycles. The van der Waals surface area contributed by atoms with Gasteiger partial charge >= 0.3 is 0 Å². The Labute approximate surface area is 157 Å². The molecule has 1 aromatic carbocycles. The smallest absolute Gasteiger partial charge is 0.253 e. The summed E-state index contributed by atoms with van der Waals surface area (Å²) in [6.45, 7) is 1.82. The van der Waals surface area contributed by atoms with Crippen molar-refractivity contribution in [1.82, 2.24) is 15.5 Å². The number of fused-ring (bicyclic) bond motifs is 1. The zero-order valence-corrected chi connectivity index (χ0v) is 15.5. The molecule has 0 aromatic heterocycles. The zero-order chi connectivity index (χ0) is 19.6. The molecule has 0 fully saturated rings. The number of carbonyl (C=O) groups excluding carboxylic acids is 1. The van der Waals surface area contributed by atoms with Crippen molar-refractivity contribution in [3.8, 4) is 0 Å². The van der Waals surface area contributed by atoms with Gasteiger partial charge in [-0.25, -0.2) is 4.39 Å². The van der Waals surface area contributed by atoms with E-state index in [0.29, 0.717) is 11.3 Å². The van der Waals surface area contributed by atoms with Crippen LogP contribution in [0.2, 0.25) is 0 Å². The SMILES string of the molecule is CN=CC(C1=CN2C(c3ccc(C(=O)NC)c(F)c3)=CNC2C=C1)=C(C)N. The number of carbonyl (C=O) groups is 1. The van der Waals surface area contributed by atoms with Gasteiger partial charge in [-0.3, -0.25) is 9.79 Å². The van der Waals surface area contributed by atoms with Gasteiger partial charge in [0, 0.05) is 55.1 Å². The molecule has 1 aromatic rings. The van der Waals surface area contributed by atoms with Crippen molar-refractivity contribution in [3.63, 3.8) is 0 Å². The summed E-state index contributed by atoms with van der Waals surface area (Å²) in [6.07, 6.45) is 9.41. The third-order valence-corrected chi connectivity index (χ3v) is 4.44. The van der Waals surface area contributed by atoms with E-state index in [2.05, 4.69) is 15.6 Å². The predicted octanol–water partition coefficient (Wildman–Crippen LogP) is 2.10. The Kier molecular flexibility index (Phi) is 5.12. The van der Waals surface area contributed by atoms with E-state index in [1.807, 2.05) is 36.4 Å². The van der Waals surface area contributed by atoms with Crippen LogP contribution in [0.4, 0.5) is 4.39 Å². The van der Waals surface area contributed by atoms with Crippen LogP contribution in [0.25, 0.3) is 5.70 Å². The van der Waals surface area contributed by atoms with Gasteiger partial charge in [-0.1, -0.05) is 12.1 Å². The second-order valence-corrected chi connectivity index (χ2v) is 6.25. The molecule has 2 heterocycles. The molecule has 1 unspecified atom stereocenters. The van der Waals surface area contributed by atoms with E-state index >= 15 is 0 Å². The Morgan fingerprint density at radius 2 is 2.22 bits per heavy atom. The van der Waals surface area contributed by atoms with Crippen molar-refractivity contribution >= 4 is 17.8 Å². The van der Waals surface area contributed by atoms with Crippen LogP contribution < -0.4 is 16.4 Å². The highest BCUT2D eigenvalue weighted by atomic mass is 19.1. The van der Waals surface area contributed by atoms with Gasteiger partial charge in [-0.15, -0.1) is 0 Å².